The van der Waals surface area contributed by atoms with Gasteiger partial charge in [0.1, 0.15) is 0 Å². The van der Waals surface area contributed by atoms with E-state index in [-0.39, 0.29) is 0 Å². The van der Waals surface area contributed by atoms with Crippen molar-refractivity contribution in [1.82, 2.24) is 5.43 Å². The number of rotatable bonds is 5. The predicted octanol–water partition coefficient (Wildman–Crippen LogP) is 1.62. The van der Waals surface area contributed by atoms with Gasteiger partial charge in [-0.1, -0.05) is 0 Å². The highest BCUT2D eigenvalue weighted by molar-refractivity contribution is 14.1. The molecule has 0 unspecified atom stereocenters. The van der Waals surface area contributed by atoms with Crippen LogP contribution in [0.4, 0.5) is 4.79 Å². The Bertz CT molecular complexity index is 546. The molecule has 7 nitrogen and oxygen atoms in total. The van der Waals surface area contributed by atoms with Gasteiger partial charge in [-0.15, -0.1) is 0 Å². The van der Waals surface area contributed by atoms with E-state index < -0.39 is 12.0 Å². The fraction of sp³-hybridized carbons (Fsp3) is 0.250. The first-order valence-electron chi connectivity index (χ1n) is 5.67. The van der Waals surface area contributed by atoms with Gasteiger partial charge >= 0.3 is 12.0 Å². The first-order chi connectivity index (χ1) is 9.43. The van der Waals surface area contributed by atoms with Crippen LogP contribution < -0.4 is 20.6 Å². The lowest BCUT2D eigenvalue weighted by atomic mass is 10.2. The second-order valence-electron chi connectivity index (χ2n) is 3.59. The number of urea groups is 1. The zero-order chi connectivity index (χ0) is 15.1. The molecule has 0 spiro atoms. The molecular weight excluding hydrogens is 377 g/mol. The van der Waals surface area contributed by atoms with Gasteiger partial charge in [-0.2, -0.15) is 5.10 Å². The summed E-state index contributed by atoms with van der Waals surface area (Å²) in [5.41, 5.74) is 7.66. The van der Waals surface area contributed by atoms with Crippen LogP contribution in [-0.2, 0) is 4.79 Å². The van der Waals surface area contributed by atoms with Gasteiger partial charge < -0.3 is 15.2 Å². The number of esters is 1. The molecule has 0 saturated carbocycles. The number of carbonyl (C=O) groups is 2. The van der Waals surface area contributed by atoms with Crippen molar-refractivity contribution < 1.29 is 19.1 Å². The summed E-state index contributed by atoms with van der Waals surface area (Å²) in [7, 11) is 0. The lowest BCUT2D eigenvalue weighted by Gasteiger charge is -2.12. The van der Waals surface area contributed by atoms with E-state index in [9.17, 15) is 9.59 Å². The molecule has 2 amide bonds. The number of carbonyl (C=O) groups excluding carboxylic acids is 2. The van der Waals surface area contributed by atoms with Gasteiger partial charge in [0.25, 0.3) is 0 Å². The normalized spacial score (nSPS) is 10.3. The minimum Gasteiger partial charge on any atom is -0.490 e. The Labute approximate surface area is 129 Å². The van der Waals surface area contributed by atoms with Gasteiger partial charge in [-0.05, 0) is 47.2 Å². The third-order valence-electron chi connectivity index (χ3n) is 1.97. The number of nitrogens with two attached hydrogens (primary N) is 1. The van der Waals surface area contributed by atoms with E-state index in [1.807, 2.05) is 29.5 Å². The molecule has 0 radical (unpaired) electrons. The van der Waals surface area contributed by atoms with Crippen LogP contribution in [0.15, 0.2) is 17.2 Å². The zero-order valence-electron chi connectivity index (χ0n) is 11.0. The summed E-state index contributed by atoms with van der Waals surface area (Å²) >= 11 is 2.02. The topological polar surface area (TPSA) is 103 Å². The molecule has 0 aliphatic carbocycles. The fourth-order valence-electron chi connectivity index (χ4n) is 1.34. The van der Waals surface area contributed by atoms with Crippen molar-refractivity contribution in [2.75, 3.05) is 6.61 Å². The van der Waals surface area contributed by atoms with Crippen molar-refractivity contribution in [2.45, 2.75) is 13.8 Å². The summed E-state index contributed by atoms with van der Waals surface area (Å²) in [5, 5.41) is 3.66. The maximum absolute atomic E-state index is 11.1. The molecule has 0 heterocycles. The standard InChI is InChI=1S/C12H14IN3O4/c1-3-19-10-5-8(6-15-16-12(14)18)4-9(13)11(10)20-7(2)17/h4-6H,3H2,1-2H3,(H3,14,16,18). The number of hydrogen-bond donors (Lipinski definition) is 2. The summed E-state index contributed by atoms with van der Waals surface area (Å²) in [6.07, 6.45) is 1.41. The molecule has 8 heteroatoms. The van der Waals surface area contributed by atoms with E-state index in [0.717, 1.165) is 0 Å². The van der Waals surface area contributed by atoms with E-state index in [4.69, 9.17) is 15.2 Å². The average Bonchev–Trinajstić information content (AvgIpc) is 2.33. The molecule has 1 aromatic carbocycles. The molecule has 0 atom stereocenters. The minimum atomic E-state index is -0.752. The Morgan fingerprint density at radius 3 is 2.75 bits per heavy atom. The number of hydrogen-bond acceptors (Lipinski definition) is 5. The zero-order valence-corrected chi connectivity index (χ0v) is 13.1. The molecule has 108 valence electrons. The highest BCUT2D eigenvalue weighted by Crippen LogP contribution is 2.34. The van der Waals surface area contributed by atoms with Crippen molar-refractivity contribution in [3.63, 3.8) is 0 Å². The average molecular weight is 391 g/mol. The summed E-state index contributed by atoms with van der Waals surface area (Å²) in [6, 6.07) is 2.63. The number of primary amides is 1. The Hall–Kier alpha value is -1.84. The quantitative estimate of drug-likeness (QED) is 0.262. The van der Waals surface area contributed by atoms with E-state index >= 15 is 0 Å². The molecule has 0 aromatic heterocycles. The van der Waals surface area contributed by atoms with Gasteiger partial charge in [0.15, 0.2) is 11.5 Å². The third-order valence-corrected chi connectivity index (χ3v) is 2.77. The van der Waals surface area contributed by atoms with Crippen LogP contribution in [0.25, 0.3) is 0 Å². The van der Waals surface area contributed by atoms with Gasteiger partial charge in [-0.25, -0.2) is 10.2 Å². The Kier molecular flexibility index (Phi) is 6.22. The number of halogens is 1. The van der Waals surface area contributed by atoms with Crippen LogP contribution in [0.5, 0.6) is 11.5 Å². The summed E-state index contributed by atoms with van der Waals surface area (Å²) < 4.78 is 11.2. The SMILES string of the molecule is CCOc1cc(C=NNC(N)=O)cc(I)c1OC(C)=O. The molecule has 0 fully saturated rings. The third kappa shape index (κ3) is 5.03. The van der Waals surface area contributed by atoms with Gasteiger partial charge in [0.2, 0.25) is 0 Å². The molecule has 1 aromatic rings. The van der Waals surface area contributed by atoms with Crippen molar-refractivity contribution in [1.29, 1.82) is 0 Å². The van der Waals surface area contributed by atoms with Gasteiger partial charge in [-0.3, -0.25) is 4.79 Å². The Balaban J connectivity index is 3.08. The number of hydrazone groups is 1. The molecule has 3 N–H and O–H groups in total. The van der Waals surface area contributed by atoms with E-state index in [1.165, 1.54) is 13.1 Å². The lowest BCUT2D eigenvalue weighted by molar-refractivity contribution is -0.132. The molecule has 0 bridgehead atoms. The molecule has 0 aliphatic heterocycles. The second-order valence-corrected chi connectivity index (χ2v) is 4.75. The Morgan fingerprint density at radius 2 is 2.20 bits per heavy atom. The smallest absolute Gasteiger partial charge is 0.332 e. The second kappa shape index (κ2) is 7.68. The maximum atomic E-state index is 11.1. The van der Waals surface area contributed by atoms with Crippen LogP contribution in [0.1, 0.15) is 19.4 Å². The highest BCUT2D eigenvalue weighted by Gasteiger charge is 2.13. The van der Waals surface area contributed by atoms with Crippen LogP contribution >= 0.6 is 22.6 Å². The van der Waals surface area contributed by atoms with Gasteiger partial charge in [0.05, 0.1) is 16.4 Å². The highest BCUT2D eigenvalue weighted by atomic mass is 127. The number of amides is 2. The number of nitrogens with one attached hydrogen (secondary N) is 1. The van der Waals surface area contributed by atoms with Crippen LogP contribution in [0, 0.1) is 3.57 Å². The largest absolute Gasteiger partial charge is 0.490 e. The number of nitrogens with zero attached hydrogens (tertiary/aromatic N) is 1. The summed E-state index contributed by atoms with van der Waals surface area (Å²) in [6.45, 7) is 3.56. The monoisotopic (exact) mass is 391 g/mol. The summed E-state index contributed by atoms with van der Waals surface area (Å²) in [5.74, 6) is 0.357. The van der Waals surface area contributed by atoms with Crippen molar-refractivity contribution in [3.05, 3.63) is 21.3 Å². The minimum absolute atomic E-state index is 0.361. The van der Waals surface area contributed by atoms with E-state index in [2.05, 4.69) is 10.5 Å². The fourth-order valence-corrected chi connectivity index (χ4v) is 2.07. The van der Waals surface area contributed by atoms with E-state index in [0.29, 0.717) is 27.2 Å². The van der Waals surface area contributed by atoms with Crippen LogP contribution in [0.3, 0.4) is 0 Å². The molecule has 1 rings (SSSR count). The Morgan fingerprint density at radius 1 is 1.50 bits per heavy atom. The predicted molar refractivity (Wildman–Crippen MR) is 82.0 cm³/mol. The van der Waals surface area contributed by atoms with Crippen LogP contribution in [0.2, 0.25) is 0 Å². The van der Waals surface area contributed by atoms with Crippen molar-refractivity contribution in [2.24, 2.45) is 10.8 Å². The summed E-state index contributed by atoms with van der Waals surface area (Å²) in [4.78, 5) is 21.6. The van der Waals surface area contributed by atoms with Gasteiger partial charge in [0, 0.05) is 6.92 Å². The van der Waals surface area contributed by atoms with Crippen LogP contribution in [-0.4, -0.2) is 24.8 Å². The molecule has 0 aliphatic rings. The molecular formula is C12H14IN3O4. The van der Waals surface area contributed by atoms with Crippen molar-refractivity contribution >= 4 is 40.8 Å². The first kappa shape index (κ1) is 16.2. The van der Waals surface area contributed by atoms with Crippen molar-refractivity contribution in [3.8, 4) is 11.5 Å². The lowest BCUT2D eigenvalue weighted by Crippen LogP contribution is -2.24. The molecule has 0 saturated heterocycles. The molecule has 20 heavy (non-hydrogen) atoms. The first-order valence-corrected chi connectivity index (χ1v) is 6.75. The number of ether oxygens (including phenoxy) is 2. The van der Waals surface area contributed by atoms with E-state index in [1.54, 1.807) is 12.1 Å². The maximum Gasteiger partial charge on any atom is 0.332 e. The number of benzene rings is 1.